The highest BCUT2D eigenvalue weighted by molar-refractivity contribution is 6.28. The molecule has 0 saturated heterocycles. The minimum absolute atomic E-state index is 0.143. The van der Waals surface area contributed by atoms with Crippen LogP contribution in [-0.2, 0) is 20.5 Å². The first-order valence-corrected chi connectivity index (χ1v) is 7.72. The first-order chi connectivity index (χ1) is 8.81. The van der Waals surface area contributed by atoms with Gasteiger partial charge < -0.3 is 13.9 Å². The lowest BCUT2D eigenvalue weighted by molar-refractivity contribution is -0.0903. The first kappa shape index (κ1) is 15.1. The third kappa shape index (κ3) is 5.14. The van der Waals surface area contributed by atoms with Crippen molar-refractivity contribution in [2.24, 2.45) is 0 Å². The minimum Gasteiger partial charge on any atom is -0.414 e. The zero-order valence-electron chi connectivity index (χ0n) is 11.2. The topological polar surface area (TPSA) is 27.7 Å². The second-order valence-electron chi connectivity index (χ2n) is 3.76. The van der Waals surface area contributed by atoms with E-state index < -0.39 is 9.76 Å². The maximum atomic E-state index is 5.77. The molecule has 18 heavy (non-hydrogen) atoms. The standard InChI is InChI=1S/C14H22O3Si/c1-4-12-9-7-8-10-13(12)11-17-18-14(15-5-2)16-6-3/h4,7-10,14H,1,5-6,11,18H2,2-3H3. The Morgan fingerprint density at radius 1 is 1.22 bits per heavy atom. The summed E-state index contributed by atoms with van der Waals surface area (Å²) in [7, 11) is -0.843. The highest BCUT2D eigenvalue weighted by Crippen LogP contribution is 2.11. The molecule has 0 fully saturated rings. The van der Waals surface area contributed by atoms with Crippen LogP contribution in [0.25, 0.3) is 6.08 Å². The fraction of sp³-hybridized carbons (Fsp3) is 0.429. The molecule has 0 spiro atoms. The fourth-order valence-corrected chi connectivity index (χ4v) is 2.84. The normalized spacial score (nSPS) is 11.5. The first-order valence-electron chi connectivity index (χ1n) is 6.33. The van der Waals surface area contributed by atoms with Gasteiger partial charge in [-0.2, -0.15) is 0 Å². The van der Waals surface area contributed by atoms with Crippen LogP contribution in [0.5, 0.6) is 0 Å². The van der Waals surface area contributed by atoms with Crippen LogP contribution in [0.2, 0.25) is 0 Å². The molecule has 0 atom stereocenters. The summed E-state index contributed by atoms with van der Waals surface area (Å²) in [5, 5.41) is 0. The lowest BCUT2D eigenvalue weighted by atomic mass is 10.1. The van der Waals surface area contributed by atoms with E-state index in [-0.39, 0.29) is 5.91 Å². The molecule has 4 heteroatoms. The lowest BCUT2D eigenvalue weighted by Crippen LogP contribution is -2.26. The molecule has 0 saturated carbocycles. The number of hydrogen-bond donors (Lipinski definition) is 0. The SMILES string of the molecule is C=Cc1ccccc1CO[SiH2]C(OCC)OCC. The van der Waals surface area contributed by atoms with Gasteiger partial charge in [0, 0.05) is 13.2 Å². The zero-order chi connectivity index (χ0) is 13.2. The Balaban J connectivity index is 2.41. The molecule has 1 rings (SSSR count). The molecular weight excluding hydrogens is 244 g/mol. The van der Waals surface area contributed by atoms with Gasteiger partial charge in [0.2, 0.25) is 9.76 Å². The molecule has 0 unspecified atom stereocenters. The van der Waals surface area contributed by atoms with Gasteiger partial charge in [-0.3, -0.25) is 0 Å². The molecule has 0 radical (unpaired) electrons. The van der Waals surface area contributed by atoms with E-state index >= 15 is 0 Å². The number of ether oxygens (including phenoxy) is 2. The Morgan fingerprint density at radius 3 is 2.50 bits per heavy atom. The van der Waals surface area contributed by atoms with Crippen LogP contribution >= 0.6 is 0 Å². The second kappa shape index (κ2) is 9.05. The smallest absolute Gasteiger partial charge is 0.224 e. The molecule has 0 aliphatic rings. The molecular formula is C14H22O3Si. The number of benzene rings is 1. The predicted octanol–water partition coefficient (Wildman–Crippen LogP) is 2.29. The van der Waals surface area contributed by atoms with Gasteiger partial charge >= 0.3 is 0 Å². The summed E-state index contributed by atoms with van der Waals surface area (Å²) in [6.45, 7) is 9.65. The van der Waals surface area contributed by atoms with Crippen LogP contribution in [0.4, 0.5) is 0 Å². The Bertz CT molecular complexity index is 349. The zero-order valence-corrected chi connectivity index (χ0v) is 12.6. The van der Waals surface area contributed by atoms with Gasteiger partial charge in [-0.15, -0.1) is 0 Å². The Morgan fingerprint density at radius 2 is 1.89 bits per heavy atom. The van der Waals surface area contributed by atoms with Crippen molar-refractivity contribution in [1.82, 2.24) is 0 Å². The number of hydrogen-bond acceptors (Lipinski definition) is 3. The molecule has 1 aromatic rings. The van der Waals surface area contributed by atoms with Crippen molar-refractivity contribution >= 4 is 15.8 Å². The van der Waals surface area contributed by atoms with Crippen LogP contribution in [0.1, 0.15) is 25.0 Å². The Kier molecular flexibility index (Phi) is 7.60. The van der Waals surface area contributed by atoms with Crippen LogP contribution < -0.4 is 0 Å². The molecule has 0 heterocycles. The van der Waals surface area contributed by atoms with Crippen LogP contribution in [0.15, 0.2) is 30.8 Å². The Hall–Kier alpha value is -0.943. The van der Waals surface area contributed by atoms with Gasteiger partial charge in [-0.05, 0) is 25.0 Å². The summed E-state index contributed by atoms with van der Waals surface area (Å²) in [6.07, 6.45) is 1.85. The third-order valence-electron chi connectivity index (χ3n) is 2.49. The maximum absolute atomic E-state index is 5.77. The third-order valence-corrected chi connectivity index (χ3v) is 3.68. The van der Waals surface area contributed by atoms with Gasteiger partial charge in [0.15, 0.2) is 5.91 Å². The molecule has 0 aliphatic carbocycles. The van der Waals surface area contributed by atoms with Crippen molar-refractivity contribution in [2.45, 2.75) is 26.4 Å². The van der Waals surface area contributed by atoms with Crippen molar-refractivity contribution in [3.8, 4) is 0 Å². The van der Waals surface area contributed by atoms with Gasteiger partial charge in [0.25, 0.3) is 0 Å². The van der Waals surface area contributed by atoms with E-state index in [9.17, 15) is 0 Å². The van der Waals surface area contributed by atoms with Crippen molar-refractivity contribution in [3.05, 3.63) is 42.0 Å². The molecule has 0 bridgehead atoms. The average Bonchev–Trinajstić information content (AvgIpc) is 2.40. The second-order valence-corrected chi connectivity index (χ2v) is 5.17. The van der Waals surface area contributed by atoms with Gasteiger partial charge in [0.05, 0.1) is 6.61 Å². The molecule has 100 valence electrons. The van der Waals surface area contributed by atoms with E-state index in [1.807, 2.05) is 38.1 Å². The van der Waals surface area contributed by atoms with Gasteiger partial charge in [-0.25, -0.2) is 0 Å². The average molecular weight is 266 g/mol. The van der Waals surface area contributed by atoms with Crippen molar-refractivity contribution < 1.29 is 13.9 Å². The molecule has 0 aliphatic heterocycles. The van der Waals surface area contributed by atoms with E-state index in [0.29, 0.717) is 19.8 Å². The summed E-state index contributed by atoms with van der Waals surface area (Å²) in [5.74, 6) is -0.143. The number of rotatable bonds is 9. The van der Waals surface area contributed by atoms with E-state index in [0.717, 1.165) is 11.1 Å². The highest BCUT2D eigenvalue weighted by atomic mass is 28.2. The summed E-state index contributed by atoms with van der Waals surface area (Å²) in [5.41, 5.74) is 2.28. The predicted molar refractivity (Wildman–Crippen MR) is 76.9 cm³/mol. The van der Waals surface area contributed by atoms with Crippen LogP contribution in [0, 0.1) is 0 Å². The highest BCUT2D eigenvalue weighted by Gasteiger charge is 2.09. The maximum Gasteiger partial charge on any atom is 0.224 e. The van der Waals surface area contributed by atoms with Crippen LogP contribution in [-0.4, -0.2) is 28.9 Å². The Labute approximate surface area is 112 Å². The lowest BCUT2D eigenvalue weighted by Gasteiger charge is -2.16. The van der Waals surface area contributed by atoms with Crippen LogP contribution in [0.3, 0.4) is 0 Å². The molecule has 3 nitrogen and oxygen atoms in total. The summed E-state index contributed by atoms with van der Waals surface area (Å²) in [6, 6.07) is 8.11. The van der Waals surface area contributed by atoms with Crippen molar-refractivity contribution in [3.63, 3.8) is 0 Å². The largest absolute Gasteiger partial charge is 0.414 e. The van der Waals surface area contributed by atoms with Crippen molar-refractivity contribution in [2.75, 3.05) is 13.2 Å². The van der Waals surface area contributed by atoms with Crippen molar-refractivity contribution in [1.29, 1.82) is 0 Å². The minimum atomic E-state index is -0.843. The summed E-state index contributed by atoms with van der Waals surface area (Å²) < 4.78 is 16.7. The fourth-order valence-electron chi connectivity index (χ4n) is 1.65. The van der Waals surface area contributed by atoms with Gasteiger partial charge in [0.1, 0.15) is 0 Å². The molecule has 1 aromatic carbocycles. The van der Waals surface area contributed by atoms with E-state index in [4.69, 9.17) is 13.9 Å². The monoisotopic (exact) mass is 266 g/mol. The summed E-state index contributed by atoms with van der Waals surface area (Å²) in [4.78, 5) is 0. The van der Waals surface area contributed by atoms with Gasteiger partial charge in [-0.1, -0.05) is 36.9 Å². The summed E-state index contributed by atoms with van der Waals surface area (Å²) >= 11 is 0. The molecule has 0 aromatic heterocycles. The molecule has 0 amide bonds. The van der Waals surface area contributed by atoms with E-state index in [2.05, 4.69) is 12.6 Å². The quantitative estimate of drug-likeness (QED) is 0.507. The van der Waals surface area contributed by atoms with E-state index in [1.54, 1.807) is 0 Å². The van der Waals surface area contributed by atoms with E-state index in [1.165, 1.54) is 0 Å². The molecule has 0 N–H and O–H groups in total.